The van der Waals surface area contributed by atoms with Gasteiger partial charge in [-0.15, -0.1) is 0 Å². The minimum atomic E-state index is -0.464. The van der Waals surface area contributed by atoms with E-state index < -0.39 is 5.91 Å². The number of primary amides is 1. The molecule has 0 atom stereocenters. The number of halogens is 1. The number of aryl methyl sites for hydroxylation is 1. The summed E-state index contributed by atoms with van der Waals surface area (Å²) in [4.78, 5) is 10.9. The zero-order valence-electron chi connectivity index (χ0n) is 10.5. The SMILES string of the molecule is Cc1ccc(F)cc1OCc1ccc(C(N)=O)cc1. The lowest BCUT2D eigenvalue weighted by Crippen LogP contribution is -2.10. The largest absolute Gasteiger partial charge is 0.489 e. The summed E-state index contributed by atoms with van der Waals surface area (Å²) in [5, 5.41) is 0. The second-order valence-corrected chi connectivity index (χ2v) is 4.26. The van der Waals surface area contributed by atoms with Gasteiger partial charge in [0.05, 0.1) is 0 Å². The van der Waals surface area contributed by atoms with Gasteiger partial charge in [0.2, 0.25) is 5.91 Å². The molecule has 2 aromatic carbocycles. The van der Waals surface area contributed by atoms with Gasteiger partial charge in [-0.2, -0.15) is 0 Å². The number of rotatable bonds is 4. The van der Waals surface area contributed by atoms with Crippen LogP contribution in [0.1, 0.15) is 21.5 Å². The fraction of sp³-hybridized carbons (Fsp3) is 0.133. The summed E-state index contributed by atoms with van der Waals surface area (Å²) in [6, 6.07) is 11.2. The highest BCUT2D eigenvalue weighted by Crippen LogP contribution is 2.20. The first-order chi connectivity index (χ1) is 9.06. The topological polar surface area (TPSA) is 52.3 Å². The van der Waals surface area contributed by atoms with Crippen LogP contribution in [0.25, 0.3) is 0 Å². The maximum absolute atomic E-state index is 13.1. The summed E-state index contributed by atoms with van der Waals surface area (Å²) in [6.45, 7) is 2.16. The normalized spacial score (nSPS) is 10.2. The molecule has 2 N–H and O–H groups in total. The maximum Gasteiger partial charge on any atom is 0.248 e. The summed E-state index contributed by atoms with van der Waals surface area (Å²) in [7, 11) is 0. The molecule has 0 radical (unpaired) electrons. The van der Waals surface area contributed by atoms with Crippen molar-refractivity contribution in [2.24, 2.45) is 5.73 Å². The van der Waals surface area contributed by atoms with Crippen molar-refractivity contribution < 1.29 is 13.9 Å². The minimum absolute atomic E-state index is 0.309. The number of carbonyl (C=O) groups is 1. The van der Waals surface area contributed by atoms with Crippen LogP contribution in [0.5, 0.6) is 5.75 Å². The predicted octanol–water partition coefficient (Wildman–Crippen LogP) is 2.81. The van der Waals surface area contributed by atoms with Crippen molar-refractivity contribution in [1.82, 2.24) is 0 Å². The Kier molecular flexibility index (Phi) is 3.80. The third-order valence-corrected chi connectivity index (χ3v) is 2.78. The van der Waals surface area contributed by atoms with Gasteiger partial charge < -0.3 is 10.5 Å². The first-order valence-corrected chi connectivity index (χ1v) is 5.84. The molecule has 0 spiro atoms. The Balaban J connectivity index is 2.06. The third-order valence-electron chi connectivity index (χ3n) is 2.78. The van der Waals surface area contributed by atoms with Gasteiger partial charge in [-0.1, -0.05) is 18.2 Å². The van der Waals surface area contributed by atoms with Crippen LogP contribution < -0.4 is 10.5 Å². The summed E-state index contributed by atoms with van der Waals surface area (Å²) < 4.78 is 18.6. The predicted molar refractivity (Wildman–Crippen MR) is 70.4 cm³/mol. The van der Waals surface area contributed by atoms with Crippen LogP contribution in [0.4, 0.5) is 4.39 Å². The number of carbonyl (C=O) groups excluding carboxylic acids is 1. The van der Waals surface area contributed by atoms with Crippen LogP contribution in [0.3, 0.4) is 0 Å². The molecule has 0 fully saturated rings. The second-order valence-electron chi connectivity index (χ2n) is 4.26. The lowest BCUT2D eigenvalue weighted by atomic mass is 10.1. The number of benzene rings is 2. The van der Waals surface area contributed by atoms with Gasteiger partial charge in [0.15, 0.2) is 0 Å². The highest BCUT2D eigenvalue weighted by molar-refractivity contribution is 5.92. The monoisotopic (exact) mass is 259 g/mol. The Hall–Kier alpha value is -2.36. The van der Waals surface area contributed by atoms with E-state index in [4.69, 9.17) is 10.5 Å². The highest BCUT2D eigenvalue weighted by Gasteiger charge is 2.03. The first-order valence-electron chi connectivity index (χ1n) is 5.84. The smallest absolute Gasteiger partial charge is 0.248 e. The van der Waals surface area contributed by atoms with Crippen molar-refractivity contribution in [2.45, 2.75) is 13.5 Å². The number of hydrogen-bond donors (Lipinski definition) is 1. The van der Waals surface area contributed by atoms with Gasteiger partial charge in [-0.25, -0.2) is 4.39 Å². The summed E-state index contributed by atoms with van der Waals surface area (Å²) >= 11 is 0. The molecule has 3 nitrogen and oxygen atoms in total. The van der Waals surface area contributed by atoms with Crippen LogP contribution in [-0.4, -0.2) is 5.91 Å². The summed E-state index contributed by atoms with van der Waals surface area (Å²) in [5.74, 6) is -0.280. The Morgan fingerprint density at radius 1 is 1.21 bits per heavy atom. The molecule has 2 aromatic rings. The van der Waals surface area contributed by atoms with Crippen molar-refractivity contribution in [3.8, 4) is 5.75 Å². The molecule has 0 saturated carbocycles. The average molecular weight is 259 g/mol. The van der Waals surface area contributed by atoms with Gasteiger partial charge in [0.1, 0.15) is 18.2 Å². The zero-order chi connectivity index (χ0) is 13.8. The van der Waals surface area contributed by atoms with Crippen LogP contribution in [-0.2, 0) is 6.61 Å². The van der Waals surface area contributed by atoms with Crippen LogP contribution in [0.15, 0.2) is 42.5 Å². The molecule has 0 heterocycles. The average Bonchev–Trinajstić information content (AvgIpc) is 2.40. The van der Waals surface area contributed by atoms with E-state index in [0.29, 0.717) is 17.9 Å². The Morgan fingerprint density at radius 3 is 2.53 bits per heavy atom. The molecule has 0 aliphatic heterocycles. The van der Waals surface area contributed by atoms with E-state index in [2.05, 4.69) is 0 Å². The molecular weight excluding hydrogens is 245 g/mol. The van der Waals surface area contributed by atoms with Crippen LogP contribution in [0, 0.1) is 12.7 Å². The Morgan fingerprint density at radius 2 is 1.89 bits per heavy atom. The number of hydrogen-bond acceptors (Lipinski definition) is 2. The molecule has 1 amide bonds. The minimum Gasteiger partial charge on any atom is -0.489 e. The third kappa shape index (κ3) is 3.31. The Bertz CT molecular complexity index is 594. The van der Waals surface area contributed by atoms with E-state index in [1.54, 1.807) is 30.3 Å². The lowest BCUT2D eigenvalue weighted by molar-refractivity contribution is 0.1000. The van der Waals surface area contributed by atoms with E-state index in [1.807, 2.05) is 6.92 Å². The van der Waals surface area contributed by atoms with Crippen molar-refractivity contribution in [3.63, 3.8) is 0 Å². The number of ether oxygens (including phenoxy) is 1. The van der Waals surface area contributed by atoms with Gasteiger partial charge in [0, 0.05) is 11.6 Å². The number of amides is 1. The van der Waals surface area contributed by atoms with Gasteiger partial charge in [0.25, 0.3) is 0 Å². The van der Waals surface area contributed by atoms with E-state index in [-0.39, 0.29) is 5.82 Å². The molecule has 0 unspecified atom stereocenters. The molecule has 19 heavy (non-hydrogen) atoms. The standard InChI is InChI=1S/C15H14FNO2/c1-10-2-7-13(16)8-14(10)19-9-11-3-5-12(6-4-11)15(17)18/h2-8H,9H2,1H3,(H2,17,18). The summed E-state index contributed by atoms with van der Waals surface area (Å²) in [6.07, 6.45) is 0. The van der Waals surface area contributed by atoms with Gasteiger partial charge in [-0.3, -0.25) is 4.79 Å². The molecule has 0 aliphatic carbocycles. The fourth-order valence-electron chi connectivity index (χ4n) is 1.66. The molecule has 0 bridgehead atoms. The zero-order valence-corrected chi connectivity index (χ0v) is 10.5. The molecule has 0 aromatic heterocycles. The van der Waals surface area contributed by atoms with Crippen LogP contribution in [0.2, 0.25) is 0 Å². The fourth-order valence-corrected chi connectivity index (χ4v) is 1.66. The molecule has 2 rings (SSSR count). The molecule has 0 saturated heterocycles. The maximum atomic E-state index is 13.1. The van der Waals surface area contributed by atoms with Gasteiger partial charge >= 0.3 is 0 Å². The van der Waals surface area contributed by atoms with Crippen LogP contribution >= 0.6 is 0 Å². The van der Waals surface area contributed by atoms with E-state index in [9.17, 15) is 9.18 Å². The molecule has 4 heteroatoms. The first kappa shape index (κ1) is 13.1. The quantitative estimate of drug-likeness (QED) is 0.917. The molecular formula is C15H14FNO2. The second kappa shape index (κ2) is 5.52. The van der Waals surface area contributed by atoms with Crippen molar-refractivity contribution >= 4 is 5.91 Å². The number of nitrogens with two attached hydrogens (primary N) is 1. The Labute approximate surface area is 110 Å². The van der Waals surface area contributed by atoms with Gasteiger partial charge in [-0.05, 0) is 36.2 Å². The van der Waals surface area contributed by atoms with Crippen molar-refractivity contribution in [3.05, 3.63) is 65.0 Å². The molecule has 0 aliphatic rings. The van der Waals surface area contributed by atoms with E-state index in [0.717, 1.165) is 11.1 Å². The highest BCUT2D eigenvalue weighted by atomic mass is 19.1. The van der Waals surface area contributed by atoms with Crippen molar-refractivity contribution in [2.75, 3.05) is 0 Å². The lowest BCUT2D eigenvalue weighted by Gasteiger charge is -2.09. The summed E-state index contributed by atoms with van der Waals surface area (Å²) in [5.41, 5.74) is 7.36. The van der Waals surface area contributed by atoms with E-state index >= 15 is 0 Å². The van der Waals surface area contributed by atoms with E-state index in [1.165, 1.54) is 12.1 Å². The molecule has 98 valence electrons. The van der Waals surface area contributed by atoms with Crippen molar-refractivity contribution in [1.29, 1.82) is 0 Å².